The van der Waals surface area contributed by atoms with Gasteiger partial charge in [0.1, 0.15) is 0 Å². The summed E-state index contributed by atoms with van der Waals surface area (Å²) in [5.41, 5.74) is 5.97. The molecule has 5 nitrogen and oxygen atoms in total. The number of hydrogen-bond donors (Lipinski definition) is 2. The minimum absolute atomic E-state index is 0.208. The van der Waals surface area contributed by atoms with Crippen LogP contribution in [-0.4, -0.2) is 28.7 Å². The molecule has 1 aromatic rings. The van der Waals surface area contributed by atoms with Crippen LogP contribution >= 0.6 is 0 Å². The Morgan fingerprint density at radius 2 is 2.44 bits per heavy atom. The third-order valence-corrected chi connectivity index (χ3v) is 2.81. The monoisotopic (exact) mass is 222 g/mol. The van der Waals surface area contributed by atoms with Gasteiger partial charge in [0.2, 0.25) is 11.8 Å². The van der Waals surface area contributed by atoms with E-state index in [0.717, 1.165) is 12.8 Å². The van der Waals surface area contributed by atoms with E-state index in [1.54, 1.807) is 12.3 Å². The maximum Gasteiger partial charge on any atom is 0.226 e. The normalized spacial score (nSPS) is 24.4. The van der Waals surface area contributed by atoms with Crippen LogP contribution in [0.1, 0.15) is 26.2 Å². The molecule has 5 heteroatoms. The quantitative estimate of drug-likeness (QED) is 0.800. The van der Waals surface area contributed by atoms with E-state index in [1.165, 1.54) is 6.42 Å². The number of hydrogen-bond acceptors (Lipinski definition) is 5. The van der Waals surface area contributed by atoms with Crippen LogP contribution in [0.25, 0.3) is 0 Å². The van der Waals surface area contributed by atoms with Gasteiger partial charge < -0.3 is 15.8 Å². The van der Waals surface area contributed by atoms with Gasteiger partial charge in [0, 0.05) is 24.3 Å². The van der Waals surface area contributed by atoms with E-state index in [0.29, 0.717) is 18.4 Å². The van der Waals surface area contributed by atoms with E-state index in [4.69, 9.17) is 10.5 Å². The Labute approximate surface area is 95.4 Å². The second-order valence-electron chi connectivity index (χ2n) is 4.00. The average Bonchev–Trinajstić information content (AvgIpc) is 2.66. The molecule has 1 heterocycles. The summed E-state index contributed by atoms with van der Waals surface area (Å²) in [4.78, 5) is 8.42. The zero-order chi connectivity index (χ0) is 11.4. The highest BCUT2D eigenvalue weighted by atomic mass is 16.5. The highest BCUT2D eigenvalue weighted by molar-refractivity contribution is 5.30. The van der Waals surface area contributed by atoms with E-state index in [-0.39, 0.29) is 12.1 Å². The van der Waals surface area contributed by atoms with Gasteiger partial charge in [-0.25, -0.2) is 4.98 Å². The summed E-state index contributed by atoms with van der Waals surface area (Å²) in [7, 11) is 0. The van der Waals surface area contributed by atoms with Gasteiger partial charge in [-0.1, -0.05) is 0 Å². The summed E-state index contributed by atoms with van der Waals surface area (Å²) in [6.45, 7) is 2.54. The number of aromatic nitrogens is 2. The summed E-state index contributed by atoms with van der Waals surface area (Å²) in [6, 6.07) is 2.25. The minimum atomic E-state index is 0.208. The van der Waals surface area contributed by atoms with Crippen LogP contribution in [0, 0.1) is 0 Å². The molecule has 1 saturated carbocycles. The van der Waals surface area contributed by atoms with Crippen LogP contribution in [0.4, 0.5) is 5.95 Å². The molecular formula is C11H18N4O. The van der Waals surface area contributed by atoms with Gasteiger partial charge in [0.15, 0.2) is 0 Å². The van der Waals surface area contributed by atoms with E-state index in [9.17, 15) is 0 Å². The van der Waals surface area contributed by atoms with Gasteiger partial charge >= 0.3 is 0 Å². The summed E-state index contributed by atoms with van der Waals surface area (Å²) in [5.74, 6) is 1.21. The molecule has 1 aromatic heterocycles. The van der Waals surface area contributed by atoms with Crippen LogP contribution in [0.2, 0.25) is 0 Å². The molecule has 88 valence electrons. The Bertz CT molecular complexity index is 345. The van der Waals surface area contributed by atoms with Gasteiger partial charge in [-0.15, -0.1) is 0 Å². The molecule has 1 aliphatic carbocycles. The van der Waals surface area contributed by atoms with Crippen molar-refractivity contribution in [1.29, 1.82) is 0 Å². The van der Waals surface area contributed by atoms with Gasteiger partial charge in [-0.3, -0.25) is 0 Å². The Hall–Kier alpha value is -1.36. The standard InChI is InChI=1S/C11H18N4O/c1-2-16-10-6-7-13-11(15-10)14-9-5-3-4-8(9)12/h6-9H,2-5,12H2,1H3,(H,13,14,15). The fourth-order valence-electron chi connectivity index (χ4n) is 1.97. The lowest BCUT2D eigenvalue weighted by Gasteiger charge is -2.17. The van der Waals surface area contributed by atoms with Crippen molar-refractivity contribution in [2.45, 2.75) is 38.3 Å². The van der Waals surface area contributed by atoms with Crippen LogP contribution in [0.3, 0.4) is 0 Å². The molecule has 16 heavy (non-hydrogen) atoms. The van der Waals surface area contributed by atoms with Crippen LogP contribution < -0.4 is 15.8 Å². The fraction of sp³-hybridized carbons (Fsp3) is 0.636. The molecule has 3 N–H and O–H groups in total. The van der Waals surface area contributed by atoms with Gasteiger partial charge in [0.05, 0.1) is 6.61 Å². The second kappa shape index (κ2) is 5.12. The van der Waals surface area contributed by atoms with Gasteiger partial charge in [-0.2, -0.15) is 4.98 Å². The zero-order valence-electron chi connectivity index (χ0n) is 9.52. The Kier molecular flexibility index (Phi) is 3.56. The molecule has 0 saturated heterocycles. The number of nitrogens with zero attached hydrogens (tertiary/aromatic N) is 2. The van der Waals surface area contributed by atoms with E-state index in [2.05, 4.69) is 15.3 Å². The molecule has 2 rings (SSSR count). The topological polar surface area (TPSA) is 73.1 Å². The molecule has 2 atom stereocenters. The molecule has 2 unspecified atom stereocenters. The number of ether oxygens (including phenoxy) is 1. The van der Waals surface area contributed by atoms with Crippen LogP contribution in [0.5, 0.6) is 5.88 Å². The maximum atomic E-state index is 5.97. The van der Waals surface area contributed by atoms with Crippen molar-refractivity contribution < 1.29 is 4.74 Å². The van der Waals surface area contributed by atoms with Crippen molar-refractivity contribution in [2.75, 3.05) is 11.9 Å². The summed E-state index contributed by atoms with van der Waals surface area (Å²) in [5, 5.41) is 3.26. The molecule has 1 aliphatic rings. The molecular weight excluding hydrogens is 204 g/mol. The van der Waals surface area contributed by atoms with E-state index < -0.39 is 0 Å². The fourth-order valence-corrected chi connectivity index (χ4v) is 1.97. The summed E-state index contributed by atoms with van der Waals surface area (Å²) in [6.07, 6.45) is 5.02. The summed E-state index contributed by atoms with van der Waals surface area (Å²) < 4.78 is 5.32. The first-order valence-electron chi connectivity index (χ1n) is 5.77. The largest absolute Gasteiger partial charge is 0.478 e. The lowest BCUT2D eigenvalue weighted by Crippen LogP contribution is -2.35. The Morgan fingerprint density at radius 3 is 3.12 bits per heavy atom. The van der Waals surface area contributed by atoms with Crippen molar-refractivity contribution in [3.8, 4) is 5.88 Å². The second-order valence-corrected chi connectivity index (χ2v) is 4.00. The number of nitrogens with two attached hydrogens (primary N) is 1. The smallest absolute Gasteiger partial charge is 0.226 e. The molecule has 0 radical (unpaired) electrons. The third kappa shape index (κ3) is 2.61. The van der Waals surface area contributed by atoms with Crippen LogP contribution in [0.15, 0.2) is 12.3 Å². The van der Waals surface area contributed by atoms with E-state index in [1.807, 2.05) is 6.92 Å². The maximum absolute atomic E-state index is 5.97. The lowest BCUT2D eigenvalue weighted by atomic mass is 10.2. The number of nitrogens with one attached hydrogen (secondary N) is 1. The number of rotatable bonds is 4. The zero-order valence-corrected chi connectivity index (χ0v) is 9.52. The first kappa shape index (κ1) is 11.1. The molecule has 0 aliphatic heterocycles. The molecule has 0 aromatic carbocycles. The van der Waals surface area contributed by atoms with Crippen molar-refractivity contribution >= 4 is 5.95 Å². The number of anilines is 1. The average molecular weight is 222 g/mol. The molecule has 0 amide bonds. The molecule has 1 fully saturated rings. The minimum Gasteiger partial charge on any atom is -0.478 e. The Balaban J connectivity index is 2.00. The predicted molar refractivity (Wildman–Crippen MR) is 62.4 cm³/mol. The molecule has 0 spiro atoms. The molecule has 0 bridgehead atoms. The van der Waals surface area contributed by atoms with Gasteiger partial charge in [-0.05, 0) is 26.2 Å². The van der Waals surface area contributed by atoms with Crippen molar-refractivity contribution in [3.05, 3.63) is 12.3 Å². The van der Waals surface area contributed by atoms with Crippen molar-refractivity contribution in [3.63, 3.8) is 0 Å². The predicted octanol–water partition coefficient (Wildman–Crippen LogP) is 1.17. The first-order chi connectivity index (χ1) is 7.79. The summed E-state index contributed by atoms with van der Waals surface area (Å²) >= 11 is 0. The highest BCUT2D eigenvalue weighted by Crippen LogP contribution is 2.20. The van der Waals surface area contributed by atoms with Crippen LogP contribution in [-0.2, 0) is 0 Å². The van der Waals surface area contributed by atoms with Crippen molar-refractivity contribution in [2.24, 2.45) is 5.73 Å². The van der Waals surface area contributed by atoms with E-state index >= 15 is 0 Å². The third-order valence-electron chi connectivity index (χ3n) is 2.81. The lowest BCUT2D eigenvalue weighted by molar-refractivity contribution is 0.326. The SMILES string of the molecule is CCOc1ccnc(NC2CCCC2N)n1. The van der Waals surface area contributed by atoms with Gasteiger partial charge in [0.25, 0.3) is 0 Å². The van der Waals surface area contributed by atoms with Crippen molar-refractivity contribution in [1.82, 2.24) is 9.97 Å². The first-order valence-corrected chi connectivity index (χ1v) is 5.77. The highest BCUT2D eigenvalue weighted by Gasteiger charge is 2.24. The Morgan fingerprint density at radius 1 is 1.56 bits per heavy atom.